The standard InChI is InChI=1S/C28H23N3O4S/c1-4-34-28(33)21-11-9-19(10-12-21)24-14-13-23(35-24)15-22(16-29)26-31-25(27(36-26)30-18(3)32)20-7-5-17(2)6-8-20/h5-15H,4H2,1-3H3,(H,30,32)/b22-15+. The molecule has 4 aromatic rings. The van der Waals surface area contributed by atoms with Crippen LogP contribution in [-0.4, -0.2) is 23.5 Å². The third kappa shape index (κ3) is 5.59. The number of benzene rings is 2. The summed E-state index contributed by atoms with van der Waals surface area (Å²) in [7, 11) is 0. The molecule has 8 heteroatoms. The van der Waals surface area contributed by atoms with E-state index in [2.05, 4.69) is 16.4 Å². The molecule has 0 saturated heterocycles. The number of carbonyl (C=O) groups is 2. The van der Waals surface area contributed by atoms with Crippen molar-refractivity contribution in [2.45, 2.75) is 20.8 Å². The zero-order valence-corrected chi connectivity index (χ0v) is 20.8. The lowest BCUT2D eigenvalue weighted by Crippen LogP contribution is -2.05. The number of hydrogen-bond donors (Lipinski definition) is 1. The molecular weight excluding hydrogens is 474 g/mol. The van der Waals surface area contributed by atoms with Crippen molar-refractivity contribution in [3.63, 3.8) is 0 Å². The van der Waals surface area contributed by atoms with Crippen LogP contribution in [0.5, 0.6) is 0 Å². The summed E-state index contributed by atoms with van der Waals surface area (Å²) in [4.78, 5) is 28.3. The van der Waals surface area contributed by atoms with E-state index in [4.69, 9.17) is 9.15 Å². The topological polar surface area (TPSA) is 105 Å². The summed E-state index contributed by atoms with van der Waals surface area (Å²) in [5.41, 5.74) is 4.11. The van der Waals surface area contributed by atoms with Crippen molar-refractivity contribution in [3.05, 3.63) is 82.6 Å². The van der Waals surface area contributed by atoms with Gasteiger partial charge in [0.1, 0.15) is 33.3 Å². The molecule has 0 saturated carbocycles. The maximum atomic E-state index is 11.9. The number of esters is 1. The average Bonchev–Trinajstić information content (AvgIpc) is 3.50. The first-order chi connectivity index (χ1) is 17.4. The molecule has 2 aromatic carbocycles. The zero-order chi connectivity index (χ0) is 25.7. The van der Waals surface area contributed by atoms with Crippen LogP contribution in [0, 0.1) is 18.3 Å². The molecule has 0 atom stereocenters. The minimum Gasteiger partial charge on any atom is -0.462 e. The molecule has 0 fully saturated rings. The Labute approximate surface area is 212 Å². The Morgan fingerprint density at radius 1 is 1.08 bits per heavy atom. The van der Waals surface area contributed by atoms with Crippen molar-refractivity contribution in [2.75, 3.05) is 11.9 Å². The van der Waals surface area contributed by atoms with Gasteiger partial charge in [-0.25, -0.2) is 9.78 Å². The van der Waals surface area contributed by atoms with Gasteiger partial charge >= 0.3 is 5.97 Å². The first kappa shape index (κ1) is 24.6. The SMILES string of the molecule is CCOC(=O)c1ccc(-c2ccc(/C=C(\C#N)c3nc(-c4ccc(C)cc4)c(NC(C)=O)s3)o2)cc1. The Balaban J connectivity index is 1.63. The molecule has 2 heterocycles. The molecule has 0 radical (unpaired) electrons. The smallest absolute Gasteiger partial charge is 0.338 e. The fraction of sp³-hybridized carbons (Fsp3) is 0.143. The summed E-state index contributed by atoms with van der Waals surface area (Å²) in [6.45, 7) is 5.50. The highest BCUT2D eigenvalue weighted by molar-refractivity contribution is 7.17. The first-order valence-corrected chi connectivity index (χ1v) is 12.0. The molecule has 0 aliphatic heterocycles. The summed E-state index contributed by atoms with van der Waals surface area (Å²) < 4.78 is 10.9. The number of amides is 1. The third-order valence-corrected chi connectivity index (χ3v) is 6.19. The average molecular weight is 498 g/mol. The van der Waals surface area contributed by atoms with Gasteiger partial charge in [-0.15, -0.1) is 0 Å². The molecule has 7 nitrogen and oxygen atoms in total. The van der Waals surface area contributed by atoms with Gasteiger partial charge in [0.05, 0.1) is 17.7 Å². The lowest BCUT2D eigenvalue weighted by Gasteiger charge is -2.03. The van der Waals surface area contributed by atoms with E-state index in [9.17, 15) is 14.9 Å². The minimum absolute atomic E-state index is 0.217. The van der Waals surface area contributed by atoms with Crippen LogP contribution in [-0.2, 0) is 9.53 Å². The van der Waals surface area contributed by atoms with Crippen molar-refractivity contribution < 1.29 is 18.7 Å². The Morgan fingerprint density at radius 3 is 2.42 bits per heavy atom. The highest BCUT2D eigenvalue weighted by atomic mass is 32.1. The van der Waals surface area contributed by atoms with Gasteiger partial charge in [0.2, 0.25) is 5.91 Å². The second-order valence-electron chi connectivity index (χ2n) is 7.91. The van der Waals surface area contributed by atoms with Crippen molar-refractivity contribution in [3.8, 4) is 28.7 Å². The Hall–Kier alpha value is -4.48. The number of thiazole rings is 1. The van der Waals surface area contributed by atoms with Crippen molar-refractivity contribution in [1.29, 1.82) is 5.26 Å². The van der Waals surface area contributed by atoms with E-state index in [0.717, 1.165) is 16.7 Å². The minimum atomic E-state index is -0.377. The van der Waals surface area contributed by atoms with Crippen molar-refractivity contribution in [2.24, 2.45) is 0 Å². The summed E-state index contributed by atoms with van der Waals surface area (Å²) in [6, 6.07) is 20.5. The number of allylic oxidation sites excluding steroid dienone is 1. The largest absolute Gasteiger partial charge is 0.462 e. The van der Waals surface area contributed by atoms with Crippen LogP contribution in [0.3, 0.4) is 0 Å². The van der Waals surface area contributed by atoms with Gasteiger partial charge in [-0.1, -0.05) is 53.3 Å². The molecule has 36 heavy (non-hydrogen) atoms. The number of rotatable bonds is 7. The van der Waals surface area contributed by atoms with E-state index in [-0.39, 0.29) is 11.9 Å². The summed E-state index contributed by atoms with van der Waals surface area (Å²) >= 11 is 1.23. The maximum absolute atomic E-state index is 11.9. The van der Waals surface area contributed by atoms with Crippen LogP contribution < -0.4 is 5.32 Å². The number of nitrogens with one attached hydrogen (secondary N) is 1. The zero-order valence-electron chi connectivity index (χ0n) is 20.0. The van der Waals surface area contributed by atoms with Gasteiger partial charge in [0.15, 0.2) is 0 Å². The van der Waals surface area contributed by atoms with Crippen molar-refractivity contribution in [1.82, 2.24) is 4.98 Å². The molecule has 4 rings (SSSR count). The van der Waals surface area contributed by atoms with Gasteiger partial charge in [0.25, 0.3) is 0 Å². The molecule has 0 bridgehead atoms. The molecule has 0 spiro atoms. The van der Waals surface area contributed by atoms with E-state index in [1.54, 1.807) is 49.4 Å². The molecule has 1 amide bonds. The van der Waals surface area contributed by atoms with Gasteiger partial charge in [-0.05, 0) is 38.1 Å². The van der Waals surface area contributed by atoms with Gasteiger partial charge in [0, 0.05) is 24.1 Å². The second kappa shape index (κ2) is 10.8. The number of hydrogen-bond acceptors (Lipinski definition) is 7. The monoisotopic (exact) mass is 497 g/mol. The normalized spacial score (nSPS) is 11.1. The number of nitrogens with zero attached hydrogens (tertiary/aromatic N) is 2. The number of carbonyl (C=O) groups excluding carboxylic acids is 2. The number of anilines is 1. The highest BCUT2D eigenvalue weighted by Gasteiger charge is 2.18. The van der Waals surface area contributed by atoms with Crippen LogP contribution >= 0.6 is 11.3 Å². The van der Waals surface area contributed by atoms with Gasteiger partial charge < -0.3 is 14.5 Å². The molecule has 180 valence electrons. The Morgan fingerprint density at radius 2 is 1.78 bits per heavy atom. The molecule has 0 aliphatic carbocycles. The quantitative estimate of drug-likeness (QED) is 0.228. The number of nitriles is 1. The van der Waals surface area contributed by atoms with Crippen LogP contribution in [0.25, 0.3) is 34.2 Å². The number of aryl methyl sites for hydroxylation is 1. The molecule has 0 unspecified atom stereocenters. The summed E-state index contributed by atoms with van der Waals surface area (Å²) in [6.07, 6.45) is 1.62. The predicted molar refractivity (Wildman–Crippen MR) is 140 cm³/mol. The first-order valence-electron chi connectivity index (χ1n) is 11.2. The molecule has 2 aromatic heterocycles. The van der Waals surface area contributed by atoms with Gasteiger partial charge in [-0.3, -0.25) is 4.79 Å². The fourth-order valence-corrected chi connectivity index (χ4v) is 4.44. The Kier molecular flexibility index (Phi) is 7.42. The van der Waals surface area contributed by atoms with E-state index in [1.165, 1.54) is 18.3 Å². The lowest BCUT2D eigenvalue weighted by molar-refractivity contribution is -0.114. The predicted octanol–water partition coefficient (Wildman–Crippen LogP) is 6.58. The summed E-state index contributed by atoms with van der Waals surface area (Å²) in [5, 5.41) is 13.7. The van der Waals surface area contributed by atoms with Crippen LogP contribution in [0.15, 0.2) is 65.1 Å². The van der Waals surface area contributed by atoms with E-state index in [0.29, 0.717) is 45.0 Å². The van der Waals surface area contributed by atoms with E-state index < -0.39 is 0 Å². The van der Waals surface area contributed by atoms with Crippen LogP contribution in [0.4, 0.5) is 5.00 Å². The van der Waals surface area contributed by atoms with E-state index in [1.807, 2.05) is 31.2 Å². The van der Waals surface area contributed by atoms with Crippen LogP contribution in [0.1, 0.15) is 40.5 Å². The van der Waals surface area contributed by atoms with Crippen LogP contribution in [0.2, 0.25) is 0 Å². The third-order valence-electron chi connectivity index (χ3n) is 5.19. The summed E-state index contributed by atoms with van der Waals surface area (Å²) in [5.74, 6) is 0.472. The lowest BCUT2D eigenvalue weighted by atomic mass is 10.1. The number of furan rings is 1. The molecule has 0 aliphatic rings. The van der Waals surface area contributed by atoms with Crippen molar-refractivity contribution >= 4 is 39.9 Å². The highest BCUT2D eigenvalue weighted by Crippen LogP contribution is 2.37. The van der Waals surface area contributed by atoms with Gasteiger partial charge in [-0.2, -0.15) is 5.26 Å². The molecular formula is C28H23N3O4S. The molecule has 1 N–H and O–H groups in total. The number of ether oxygens (including phenoxy) is 1. The maximum Gasteiger partial charge on any atom is 0.338 e. The second-order valence-corrected chi connectivity index (χ2v) is 8.91. The van der Waals surface area contributed by atoms with E-state index >= 15 is 0 Å². The Bertz CT molecular complexity index is 1470. The number of aromatic nitrogens is 1. The fourth-order valence-electron chi connectivity index (χ4n) is 3.44.